The van der Waals surface area contributed by atoms with Crippen LogP contribution in [0.15, 0.2) is 23.1 Å². The van der Waals surface area contributed by atoms with Gasteiger partial charge in [-0.05, 0) is 19.5 Å². The van der Waals surface area contributed by atoms with Crippen LogP contribution in [0.5, 0.6) is 0 Å². The molecular formula is C13H19N3O2. The van der Waals surface area contributed by atoms with Gasteiger partial charge in [-0.25, -0.2) is 0 Å². The summed E-state index contributed by atoms with van der Waals surface area (Å²) < 4.78 is 0. The smallest absolute Gasteiger partial charge is 0.255 e. The lowest BCUT2D eigenvalue weighted by atomic mass is 10.1. The number of hydrogen-bond donors (Lipinski definition) is 1. The van der Waals surface area contributed by atoms with Crippen molar-refractivity contribution >= 4 is 5.91 Å². The van der Waals surface area contributed by atoms with Gasteiger partial charge in [-0.15, -0.1) is 0 Å². The van der Waals surface area contributed by atoms with E-state index in [1.165, 1.54) is 12.3 Å². The van der Waals surface area contributed by atoms with Crippen molar-refractivity contribution < 1.29 is 4.79 Å². The van der Waals surface area contributed by atoms with Crippen LogP contribution in [0.3, 0.4) is 0 Å². The number of hydrogen-bond acceptors (Lipinski definition) is 3. The second-order valence-electron chi connectivity index (χ2n) is 4.74. The molecule has 0 spiro atoms. The number of nitrogens with one attached hydrogen (secondary N) is 1. The van der Waals surface area contributed by atoms with Gasteiger partial charge < -0.3 is 9.88 Å². The summed E-state index contributed by atoms with van der Waals surface area (Å²) >= 11 is 0. The Labute approximate surface area is 106 Å². The van der Waals surface area contributed by atoms with E-state index in [2.05, 4.69) is 23.9 Å². The molecule has 0 saturated carbocycles. The van der Waals surface area contributed by atoms with Gasteiger partial charge in [-0.3, -0.25) is 14.5 Å². The molecule has 1 aromatic heterocycles. The van der Waals surface area contributed by atoms with E-state index in [1.807, 2.05) is 4.90 Å². The number of pyridine rings is 1. The summed E-state index contributed by atoms with van der Waals surface area (Å²) in [5, 5.41) is 0. The van der Waals surface area contributed by atoms with Crippen LogP contribution in [0.1, 0.15) is 23.7 Å². The first-order chi connectivity index (χ1) is 8.61. The minimum absolute atomic E-state index is 0.00204. The molecule has 1 unspecified atom stereocenters. The zero-order valence-electron chi connectivity index (χ0n) is 10.8. The van der Waals surface area contributed by atoms with Gasteiger partial charge >= 0.3 is 0 Å². The molecule has 1 amide bonds. The predicted molar refractivity (Wildman–Crippen MR) is 69.7 cm³/mol. The Kier molecular flexibility index (Phi) is 3.81. The van der Waals surface area contributed by atoms with E-state index in [9.17, 15) is 9.59 Å². The maximum atomic E-state index is 12.3. The van der Waals surface area contributed by atoms with Crippen molar-refractivity contribution in [2.24, 2.45) is 0 Å². The molecule has 0 bridgehead atoms. The highest BCUT2D eigenvalue weighted by molar-refractivity contribution is 5.93. The van der Waals surface area contributed by atoms with Crippen LogP contribution in [0, 0.1) is 0 Å². The monoisotopic (exact) mass is 249 g/mol. The van der Waals surface area contributed by atoms with Crippen molar-refractivity contribution in [2.75, 3.05) is 26.7 Å². The Morgan fingerprint density at radius 2 is 2.22 bits per heavy atom. The first-order valence-electron chi connectivity index (χ1n) is 6.30. The third kappa shape index (κ3) is 2.61. The number of likely N-dealkylation sites (N-methyl/N-ethyl adjacent to an activating group) is 1. The fourth-order valence-electron chi connectivity index (χ4n) is 2.30. The van der Waals surface area contributed by atoms with E-state index in [0.717, 1.165) is 26.1 Å². The van der Waals surface area contributed by atoms with E-state index in [-0.39, 0.29) is 11.5 Å². The minimum Gasteiger partial charge on any atom is -0.336 e. The van der Waals surface area contributed by atoms with Crippen molar-refractivity contribution in [3.8, 4) is 0 Å². The van der Waals surface area contributed by atoms with Crippen molar-refractivity contribution in [1.82, 2.24) is 14.8 Å². The number of amides is 1. The Morgan fingerprint density at radius 3 is 2.83 bits per heavy atom. The van der Waals surface area contributed by atoms with Gasteiger partial charge in [0.25, 0.3) is 5.91 Å². The average Bonchev–Trinajstić information content (AvgIpc) is 2.39. The average molecular weight is 249 g/mol. The number of piperazine rings is 1. The van der Waals surface area contributed by atoms with Gasteiger partial charge in [0.15, 0.2) is 0 Å². The number of nitrogens with zero attached hydrogens (tertiary/aromatic N) is 2. The summed E-state index contributed by atoms with van der Waals surface area (Å²) in [6.45, 7) is 4.53. The van der Waals surface area contributed by atoms with Crippen LogP contribution in [0.25, 0.3) is 0 Å². The topological polar surface area (TPSA) is 56.4 Å². The molecular weight excluding hydrogens is 230 g/mol. The third-order valence-electron chi connectivity index (χ3n) is 3.57. The normalized spacial score (nSPS) is 21.0. The molecule has 1 N–H and O–H groups in total. The lowest BCUT2D eigenvalue weighted by Gasteiger charge is -2.39. The van der Waals surface area contributed by atoms with E-state index < -0.39 is 0 Å². The lowest BCUT2D eigenvalue weighted by Crippen LogP contribution is -2.53. The van der Waals surface area contributed by atoms with Crippen molar-refractivity contribution in [3.05, 3.63) is 34.2 Å². The molecule has 0 radical (unpaired) electrons. The van der Waals surface area contributed by atoms with Crippen molar-refractivity contribution in [1.29, 1.82) is 0 Å². The number of aromatic amines is 1. The molecule has 2 rings (SSSR count). The standard InChI is InChI=1S/C13H19N3O2/c1-3-11-9-16(7-6-15(11)2)13(18)10-4-5-12(17)14-8-10/h4-5,8,11H,3,6-7,9H2,1-2H3,(H,14,17). The van der Waals surface area contributed by atoms with Gasteiger partial charge in [-0.2, -0.15) is 0 Å². The fourth-order valence-corrected chi connectivity index (χ4v) is 2.30. The van der Waals surface area contributed by atoms with Gasteiger partial charge in [0, 0.05) is 37.9 Å². The summed E-state index contributed by atoms with van der Waals surface area (Å²) in [7, 11) is 2.09. The Bertz CT molecular complexity index is 463. The summed E-state index contributed by atoms with van der Waals surface area (Å²) in [6, 6.07) is 3.39. The molecule has 18 heavy (non-hydrogen) atoms. The maximum Gasteiger partial charge on any atom is 0.255 e. The SMILES string of the molecule is CCC1CN(C(=O)c2ccc(=O)[nH]c2)CCN1C. The molecule has 1 aliphatic rings. The number of rotatable bonds is 2. The number of carbonyl (C=O) groups excluding carboxylic acids is 1. The molecule has 98 valence electrons. The van der Waals surface area contributed by atoms with Crippen LogP contribution < -0.4 is 5.56 Å². The summed E-state index contributed by atoms with van der Waals surface area (Å²) in [5.41, 5.74) is 0.366. The Hall–Kier alpha value is -1.62. The molecule has 1 fully saturated rings. The quantitative estimate of drug-likeness (QED) is 0.832. The number of carbonyl (C=O) groups is 1. The highest BCUT2D eigenvalue weighted by Crippen LogP contribution is 2.13. The first kappa shape index (κ1) is 12.8. The molecule has 1 aliphatic heterocycles. The number of H-pyrrole nitrogens is 1. The van der Waals surface area contributed by atoms with E-state index in [4.69, 9.17) is 0 Å². The van der Waals surface area contributed by atoms with Crippen LogP contribution in [-0.4, -0.2) is 53.4 Å². The van der Waals surface area contributed by atoms with E-state index in [1.54, 1.807) is 6.07 Å². The van der Waals surface area contributed by atoms with Gasteiger partial charge in [-0.1, -0.05) is 6.92 Å². The fraction of sp³-hybridized carbons (Fsp3) is 0.538. The van der Waals surface area contributed by atoms with Crippen LogP contribution in [0.4, 0.5) is 0 Å². The zero-order valence-corrected chi connectivity index (χ0v) is 10.8. The van der Waals surface area contributed by atoms with Gasteiger partial charge in [0.05, 0.1) is 5.56 Å². The third-order valence-corrected chi connectivity index (χ3v) is 3.57. The summed E-state index contributed by atoms with van der Waals surface area (Å²) in [5.74, 6) is -0.00204. The molecule has 5 heteroatoms. The minimum atomic E-state index is -0.184. The zero-order chi connectivity index (χ0) is 13.1. The second-order valence-corrected chi connectivity index (χ2v) is 4.74. The molecule has 5 nitrogen and oxygen atoms in total. The molecule has 1 saturated heterocycles. The maximum absolute atomic E-state index is 12.3. The van der Waals surface area contributed by atoms with Crippen molar-refractivity contribution in [3.63, 3.8) is 0 Å². The van der Waals surface area contributed by atoms with Gasteiger partial charge in [0.1, 0.15) is 0 Å². The van der Waals surface area contributed by atoms with Gasteiger partial charge in [0.2, 0.25) is 5.56 Å². The Morgan fingerprint density at radius 1 is 1.44 bits per heavy atom. The molecule has 0 aliphatic carbocycles. The second kappa shape index (κ2) is 5.35. The van der Waals surface area contributed by atoms with Crippen LogP contribution in [-0.2, 0) is 0 Å². The molecule has 2 heterocycles. The Balaban J connectivity index is 2.10. The molecule has 1 aromatic rings. The van der Waals surface area contributed by atoms with Crippen LogP contribution in [0.2, 0.25) is 0 Å². The highest BCUT2D eigenvalue weighted by Gasteiger charge is 2.26. The van der Waals surface area contributed by atoms with E-state index >= 15 is 0 Å². The largest absolute Gasteiger partial charge is 0.336 e. The van der Waals surface area contributed by atoms with E-state index in [0.29, 0.717) is 11.6 Å². The van der Waals surface area contributed by atoms with Crippen molar-refractivity contribution in [2.45, 2.75) is 19.4 Å². The lowest BCUT2D eigenvalue weighted by molar-refractivity contribution is 0.0541. The number of aromatic nitrogens is 1. The molecule has 1 atom stereocenters. The van der Waals surface area contributed by atoms with Crippen LogP contribution >= 0.6 is 0 Å². The first-order valence-corrected chi connectivity index (χ1v) is 6.30. The highest BCUT2D eigenvalue weighted by atomic mass is 16.2. The predicted octanol–water partition coefficient (Wildman–Crippen LogP) is 0.541. The molecule has 0 aromatic carbocycles. The summed E-state index contributed by atoms with van der Waals surface area (Å²) in [6.07, 6.45) is 2.52. The summed E-state index contributed by atoms with van der Waals surface area (Å²) in [4.78, 5) is 29.9.